The fraction of sp³-hybridized carbons (Fsp3) is 0.118. The zero-order valence-electron chi connectivity index (χ0n) is 12.2. The first-order chi connectivity index (χ1) is 11.3. The van der Waals surface area contributed by atoms with Gasteiger partial charge in [0, 0.05) is 10.0 Å². The van der Waals surface area contributed by atoms with Crippen LogP contribution in [-0.2, 0) is 12.7 Å². The summed E-state index contributed by atoms with van der Waals surface area (Å²) < 4.78 is 39.8. The second-order valence-corrected chi connectivity index (χ2v) is 6.06. The highest BCUT2D eigenvalue weighted by atomic mass is 35.5. The molecule has 1 aromatic heterocycles. The van der Waals surface area contributed by atoms with Crippen LogP contribution < -0.4 is 0 Å². The third-order valence-corrected chi connectivity index (χ3v) is 4.16. The van der Waals surface area contributed by atoms with E-state index in [1.165, 1.54) is 12.1 Å². The van der Waals surface area contributed by atoms with Gasteiger partial charge in [0.2, 0.25) is 0 Å². The molecule has 0 aliphatic carbocycles. The van der Waals surface area contributed by atoms with Crippen LogP contribution in [0.15, 0.2) is 55.0 Å². The van der Waals surface area contributed by atoms with Gasteiger partial charge in [0.25, 0.3) is 0 Å². The van der Waals surface area contributed by atoms with Gasteiger partial charge in [-0.2, -0.15) is 13.2 Å². The van der Waals surface area contributed by atoms with Gasteiger partial charge in [-0.15, -0.1) is 0 Å². The Morgan fingerprint density at radius 1 is 1.00 bits per heavy atom. The highest BCUT2D eigenvalue weighted by molar-refractivity contribution is 6.35. The molecule has 124 valence electrons. The van der Waals surface area contributed by atoms with Crippen molar-refractivity contribution in [1.29, 1.82) is 0 Å². The van der Waals surface area contributed by atoms with E-state index >= 15 is 0 Å². The number of hydrogen-bond acceptors (Lipinski definition) is 1. The van der Waals surface area contributed by atoms with Gasteiger partial charge in [-0.3, -0.25) is 0 Å². The lowest BCUT2D eigenvalue weighted by molar-refractivity contribution is -0.137. The van der Waals surface area contributed by atoms with Crippen LogP contribution in [0.1, 0.15) is 11.1 Å². The zero-order valence-corrected chi connectivity index (χ0v) is 13.7. The van der Waals surface area contributed by atoms with Crippen molar-refractivity contribution in [3.8, 4) is 11.3 Å². The molecule has 0 spiro atoms. The molecule has 3 aromatic rings. The molecule has 0 aliphatic heterocycles. The van der Waals surface area contributed by atoms with Gasteiger partial charge in [-0.1, -0.05) is 41.4 Å². The first-order valence-electron chi connectivity index (χ1n) is 6.96. The van der Waals surface area contributed by atoms with Crippen LogP contribution >= 0.6 is 23.2 Å². The summed E-state index contributed by atoms with van der Waals surface area (Å²) in [5.74, 6) is 0. The molecule has 0 fully saturated rings. The van der Waals surface area contributed by atoms with Crippen molar-refractivity contribution in [3.63, 3.8) is 0 Å². The molecule has 1 heterocycles. The van der Waals surface area contributed by atoms with Crippen LogP contribution in [0.4, 0.5) is 13.2 Å². The highest BCUT2D eigenvalue weighted by Crippen LogP contribution is 2.31. The summed E-state index contributed by atoms with van der Waals surface area (Å²) in [6.45, 7) is 0.437. The second-order valence-electron chi connectivity index (χ2n) is 5.22. The summed E-state index contributed by atoms with van der Waals surface area (Å²) in [6.07, 6.45) is -1.14. The maximum Gasteiger partial charge on any atom is 0.416 e. The number of aromatic nitrogens is 2. The third-order valence-electron chi connectivity index (χ3n) is 3.58. The van der Waals surface area contributed by atoms with Crippen molar-refractivity contribution in [2.45, 2.75) is 12.7 Å². The van der Waals surface area contributed by atoms with E-state index in [1.807, 2.05) is 4.57 Å². The predicted octanol–water partition coefficient (Wildman–Crippen LogP) is 5.92. The molecule has 2 nitrogen and oxygen atoms in total. The fourth-order valence-corrected chi connectivity index (χ4v) is 2.82. The Morgan fingerprint density at radius 3 is 2.33 bits per heavy atom. The van der Waals surface area contributed by atoms with Gasteiger partial charge in [0.1, 0.15) is 0 Å². The van der Waals surface area contributed by atoms with Gasteiger partial charge in [0.15, 0.2) is 0 Å². The molecule has 24 heavy (non-hydrogen) atoms. The topological polar surface area (TPSA) is 17.8 Å². The van der Waals surface area contributed by atoms with E-state index in [1.54, 1.807) is 30.7 Å². The van der Waals surface area contributed by atoms with Crippen molar-refractivity contribution in [1.82, 2.24) is 9.55 Å². The Kier molecular flexibility index (Phi) is 4.56. The van der Waals surface area contributed by atoms with Crippen molar-refractivity contribution in [3.05, 3.63) is 76.2 Å². The molecule has 0 saturated heterocycles. The molecule has 0 radical (unpaired) electrons. The maximum absolute atomic E-state index is 12.7. The lowest BCUT2D eigenvalue weighted by Crippen LogP contribution is -2.05. The molecule has 2 aromatic carbocycles. The Morgan fingerprint density at radius 2 is 1.71 bits per heavy atom. The quantitative estimate of drug-likeness (QED) is 0.559. The zero-order chi connectivity index (χ0) is 17.3. The largest absolute Gasteiger partial charge is 0.416 e. The predicted molar refractivity (Wildman–Crippen MR) is 88.2 cm³/mol. The van der Waals surface area contributed by atoms with Crippen molar-refractivity contribution < 1.29 is 13.2 Å². The molecule has 3 rings (SSSR count). The van der Waals surface area contributed by atoms with Gasteiger partial charge in [-0.25, -0.2) is 4.98 Å². The van der Waals surface area contributed by atoms with Gasteiger partial charge >= 0.3 is 6.18 Å². The highest BCUT2D eigenvalue weighted by Gasteiger charge is 2.30. The van der Waals surface area contributed by atoms with Crippen LogP contribution in [-0.4, -0.2) is 9.55 Å². The Labute approximate surface area is 146 Å². The van der Waals surface area contributed by atoms with Gasteiger partial charge in [-0.05, 0) is 35.4 Å². The average molecular weight is 371 g/mol. The normalized spacial score (nSPS) is 11.7. The Hall–Kier alpha value is -1.98. The van der Waals surface area contributed by atoms with E-state index in [9.17, 15) is 13.2 Å². The molecular formula is C17H11Cl2F3N2. The van der Waals surface area contributed by atoms with Crippen LogP contribution in [0.25, 0.3) is 11.3 Å². The number of halogens is 5. The average Bonchev–Trinajstić information content (AvgIpc) is 2.97. The third kappa shape index (κ3) is 3.57. The first kappa shape index (κ1) is 16.9. The van der Waals surface area contributed by atoms with E-state index in [4.69, 9.17) is 23.2 Å². The SMILES string of the molecule is FC(F)(F)c1ccc(-c2cncn2Cc2ccc(Cl)cc2Cl)cc1. The second kappa shape index (κ2) is 6.49. The lowest BCUT2D eigenvalue weighted by atomic mass is 10.1. The van der Waals surface area contributed by atoms with Crippen molar-refractivity contribution >= 4 is 23.2 Å². The summed E-state index contributed by atoms with van der Waals surface area (Å²) in [5, 5.41) is 1.06. The van der Waals surface area contributed by atoms with E-state index in [0.29, 0.717) is 27.8 Å². The Balaban J connectivity index is 1.90. The number of hydrogen-bond donors (Lipinski definition) is 0. The Bertz CT molecular complexity index is 855. The number of nitrogens with zero attached hydrogens (tertiary/aromatic N) is 2. The molecule has 0 atom stereocenters. The number of alkyl halides is 3. The minimum Gasteiger partial charge on any atom is -0.326 e. The minimum absolute atomic E-state index is 0.437. The lowest BCUT2D eigenvalue weighted by Gasteiger charge is -2.11. The molecule has 0 aliphatic rings. The molecular weight excluding hydrogens is 360 g/mol. The van der Waals surface area contributed by atoms with Crippen molar-refractivity contribution in [2.75, 3.05) is 0 Å². The summed E-state index contributed by atoms with van der Waals surface area (Å²) in [4.78, 5) is 4.08. The molecule has 0 saturated carbocycles. The molecule has 0 amide bonds. The van der Waals surface area contributed by atoms with E-state index in [-0.39, 0.29) is 0 Å². The number of imidazole rings is 1. The van der Waals surface area contributed by atoms with Crippen LogP contribution in [0.5, 0.6) is 0 Å². The maximum atomic E-state index is 12.7. The molecule has 0 N–H and O–H groups in total. The molecule has 0 unspecified atom stereocenters. The molecule has 0 bridgehead atoms. The van der Waals surface area contributed by atoms with Crippen LogP contribution in [0.3, 0.4) is 0 Å². The van der Waals surface area contributed by atoms with Crippen LogP contribution in [0, 0.1) is 0 Å². The number of rotatable bonds is 3. The summed E-state index contributed by atoms with van der Waals surface area (Å²) in [6, 6.07) is 10.2. The van der Waals surface area contributed by atoms with Gasteiger partial charge in [0.05, 0.1) is 30.3 Å². The van der Waals surface area contributed by atoms with Crippen LogP contribution in [0.2, 0.25) is 10.0 Å². The van der Waals surface area contributed by atoms with E-state index in [0.717, 1.165) is 17.7 Å². The first-order valence-corrected chi connectivity index (χ1v) is 7.72. The molecule has 7 heteroatoms. The monoisotopic (exact) mass is 370 g/mol. The summed E-state index contributed by atoms with van der Waals surface area (Å²) >= 11 is 12.1. The smallest absolute Gasteiger partial charge is 0.326 e. The summed E-state index contributed by atoms with van der Waals surface area (Å²) in [5.41, 5.74) is 1.51. The van der Waals surface area contributed by atoms with E-state index < -0.39 is 11.7 Å². The number of benzene rings is 2. The minimum atomic E-state index is -4.35. The summed E-state index contributed by atoms with van der Waals surface area (Å²) in [7, 11) is 0. The standard InChI is InChI=1S/C17H11Cl2F3N2/c18-14-6-3-12(15(19)7-14)9-24-10-23-8-16(24)11-1-4-13(5-2-11)17(20,21)22/h1-8,10H,9H2. The van der Waals surface area contributed by atoms with Crippen molar-refractivity contribution in [2.24, 2.45) is 0 Å². The fourth-order valence-electron chi connectivity index (χ4n) is 2.35. The van der Waals surface area contributed by atoms with Gasteiger partial charge < -0.3 is 4.57 Å². The van der Waals surface area contributed by atoms with E-state index in [2.05, 4.69) is 4.98 Å².